The molecule has 3 rings (SSSR count). The van der Waals surface area contributed by atoms with Crippen molar-refractivity contribution in [3.8, 4) is 0 Å². The number of hydrogen-bond acceptors (Lipinski definition) is 9. The molecule has 7 atom stereocenters. The number of nitrogens with one attached hydrogen (secondary N) is 5. The van der Waals surface area contributed by atoms with Crippen molar-refractivity contribution < 1.29 is 33.5 Å². The number of likely N-dealkylation sites (N-methyl/N-ethyl adjacent to an activating group) is 1. The molecule has 0 spiro atoms. The molecule has 0 unspecified atom stereocenters. The molecule has 1 aliphatic carbocycles. The Morgan fingerprint density at radius 2 is 1.44 bits per heavy atom. The standard InChI is InChI=1S/C39H71N9O7/c1-6-8-9-14-18-32-26(4)38(53)47(5)31(15-7-2)36(51)46-33(28-16-12-10-11-13-17-28)37(52)44-29(20-41)34(49)45-30(35(50)43-25(3)24-55-32)21-42-39(54)48-22-27(19-40)23-48/h25-33H,6-24,40-41H2,1-5H3,(H,42,54)(H,43,50)(H,44,52)(H,45,49)(H,46,51)/t25-,26-,29+,30+,31+,32-,33+/m1/s1. The summed E-state index contributed by atoms with van der Waals surface area (Å²) in [5, 5.41) is 14.1. The van der Waals surface area contributed by atoms with Crippen LogP contribution < -0.4 is 38.1 Å². The van der Waals surface area contributed by atoms with Gasteiger partial charge in [0.05, 0.1) is 18.6 Å². The number of unbranched alkanes of at least 4 members (excludes halogenated alkanes) is 3. The normalized spacial score (nSPS) is 29.1. The van der Waals surface area contributed by atoms with Crippen LogP contribution in [0, 0.1) is 17.8 Å². The van der Waals surface area contributed by atoms with Crippen molar-refractivity contribution in [1.82, 2.24) is 36.4 Å². The molecule has 0 bridgehead atoms. The van der Waals surface area contributed by atoms with Gasteiger partial charge in [-0.1, -0.05) is 78.6 Å². The van der Waals surface area contributed by atoms with E-state index in [0.717, 1.165) is 51.4 Å². The zero-order valence-corrected chi connectivity index (χ0v) is 34.0. The number of amides is 7. The highest BCUT2D eigenvalue weighted by atomic mass is 16.5. The first-order valence-electron chi connectivity index (χ1n) is 20.9. The van der Waals surface area contributed by atoms with Gasteiger partial charge in [0, 0.05) is 45.2 Å². The Bertz CT molecular complexity index is 1260. The molecule has 3 aliphatic rings. The molecular formula is C39H71N9O7. The molecule has 2 saturated heterocycles. The smallest absolute Gasteiger partial charge is 0.317 e. The predicted molar refractivity (Wildman–Crippen MR) is 210 cm³/mol. The number of ether oxygens (including phenoxy) is 1. The summed E-state index contributed by atoms with van der Waals surface area (Å²) in [7, 11) is 1.63. The van der Waals surface area contributed by atoms with Crippen LogP contribution >= 0.6 is 0 Å². The van der Waals surface area contributed by atoms with Gasteiger partial charge in [0.25, 0.3) is 0 Å². The molecule has 2 aliphatic heterocycles. The first-order valence-corrected chi connectivity index (χ1v) is 20.9. The average Bonchev–Trinajstić information content (AvgIpc) is 3.44. The molecule has 0 aromatic rings. The van der Waals surface area contributed by atoms with Crippen LogP contribution in [0.2, 0.25) is 0 Å². The molecule has 3 fully saturated rings. The first kappa shape index (κ1) is 45.9. The fourth-order valence-corrected chi connectivity index (χ4v) is 7.76. The summed E-state index contributed by atoms with van der Waals surface area (Å²) in [5.41, 5.74) is 11.8. The lowest BCUT2D eigenvalue weighted by Crippen LogP contribution is -2.63. The number of rotatable bonds is 12. The monoisotopic (exact) mass is 778 g/mol. The minimum absolute atomic E-state index is 0.0796. The highest BCUT2D eigenvalue weighted by molar-refractivity contribution is 5.96. The van der Waals surface area contributed by atoms with E-state index in [4.69, 9.17) is 16.2 Å². The molecule has 7 amide bonds. The molecule has 0 aromatic heterocycles. The maximum absolute atomic E-state index is 14.2. The van der Waals surface area contributed by atoms with Crippen LogP contribution in [0.1, 0.15) is 111 Å². The fraction of sp³-hybridized carbons (Fsp3) is 0.846. The second kappa shape index (κ2) is 23.5. The van der Waals surface area contributed by atoms with Gasteiger partial charge in [0.2, 0.25) is 29.5 Å². The van der Waals surface area contributed by atoms with Crippen LogP contribution in [0.3, 0.4) is 0 Å². The number of nitrogens with zero attached hydrogens (tertiary/aromatic N) is 2. The highest BCUT2D eigenvalue weighted by Crippen LogP contribution is 2.27. The van der Waals surface area contributed by atoms with Gasteiger partial charge in [-0.25, -0.2) is 4.79 Å². The molecular weight excluding hydrogens is 706 g/mol. The summed E-state index contributed by atoms with van der Waals surface area (Å²) >= 11 is 0. The fourth-order valence-electron chi connectivity index (χ4n) is 7.76. The zero-order chi connectivity index (χ0) is 40.5. The van der Waals surface area contributed by atoms with Crippen molar-refractivity contribution >= 4 is 35.6 Å². The molecule has 9 N–H and O–H groups in total. The third-order valence-corrected chi connectivity index (χ3v) is 11.4. The van der Waals surface area contributed by atoms with E-state index in [2.05, 4.69) is 33.5 Å². The summed E-state index contributed by atoms with van der Waals surface area (Å²) < 4.78 is 6.38. The Morgan fingerprint density at radius 3 is 2.05 bits per heavy atom. The molecule has 314 valence electrons. The Kier molecular flexibility index (Phi) is 19.6. The van der Waals surface area contributed by atoms with Gasteiger partial charge in [-0.2, -0.15) is 0 Å². The molecule has 1 saturated carbocycles. The maximum atomic E-state index is 14.2. The minimum Gasteiger partial charge on any atom is -0.375 e. The van der Waals surface area contributed by atoms with Crippen LogP contribution in [-0.2, 0) is 28.7 Å². The van der Waals surface area contributed by atoms with E-state index in [-0.39, 0.29) is 43.5 Å². The quantitative estimate of drug-likeness (QED) is 0.111. The van der Waals surface area contributed by atoms with Crippen LogP contribution in [0.15, 0.2) is 0 Å². The summed E-state index contributed by atoms with van der Waals surface area (Å²) in [5.74, 6) is -3.09. The molecule has 55 heavy (non-hydrogen) atoms. The lowest BCUT2D eigenvalue weighted by molar-refractivity contribution is -0.147. The van der Waals surface area contributed by atoms with Gasteiger partial charge >= 0.3 is 6.03 Å². The van der Waals surface area contributed by atoms with E-state index in [1.807, 2.05) is 13.8 Å². The Balaban J connectivity index is 1.97. The van der Waals surface area contributed by atoms with E-state index in [1.165, 1.54) is 4.90 Å². The number of carbonyl (C=O) groups excluding carboxylic acids is 6. The number of hydrogen-bond donors (Lipinski definition) is 7. The van der Waals surface area contributed by atoms with E-state index in [0.29, 0.717) is 51.7 Å². The highest BCUT2D eigenvalue weighted by Gasteiger charge is 2.39. The van der Waals surface area contributed by atoms with Crippen LogP contribution in [0.4, 0.5) is 4.79 Å². The Morgan fingerprint density at radius 1 is 0.782 bits per heavy atom. The van der Waals surface area contributed by atoms with E-state index < -0.39 is 65.9 Å². The zero-order valence-electron chi connectivity index (χ0n) is 34.0. The number of nitrogens with two attached hydrogens (primary N) is 2. The van der Waals surface area contributed by atoms with E-state index >= 15 is 0 Å². The topological polar surface area (TPSA) is 230 Å². The van der Waals surface area contributed by atoms with Crippen molar-refractivity contribution in [3.63, 3.8) is 0 Å². The second-order valence-electron chi connectivity index (χ2n) is 16.0. The van der Waals surface area contributed by atoms with Crippen LogP contribution in [0.5, 0.6) is 0 Å². The molecule has 16 heteroatoms. The summed E-state index contributed by atoms with van der Waals surface area (Å²) in [6.07, 6.45) is 10.3. The second-order valence-corrected chi connectivity index (χ2v) is 16.0. The van der Waals surface area contributed by atoms with Crippen molar-refractivity contribution in [2.45, 2.75) is 147 Å². The molecule has 2 heterocycles. The largest absolute Gasteiger partial charge is 0.375 e. The maximum Gasteiger partial charge on any atom is 0.317 e. The van der Waals surface area contributed by atoms with Gasteiger partial charge < -0.3 is 52.6 Å². The van der Waals surface area contributed by atoms with Crippen molar-refractivity contribution in [1.29, 1.82) is 0 Å². The van der Waals surface area contributed by atoms with Gasteiger partial charge in [0.1, 0.15) is 24.2 Å². The Labute approximate surface area is 328 Å². The summed E-state index contributed by atoms with van der Waals surface area (Å²) in [6, 6.07) is -5.18. The molecule has 0 aromatic carbocycles. The minimum atomic E-state index is -1.24. The van der Waals surface area contributed by atoms with Gasteiger partial charge in [-0.3, -0.25) is 24.0 Å². The summed E-state index contributed by atoms with van der Waals surface area (Å²) in [6.45, 7) is 8.67. The third-order valence-electron chi connectivity index (χ3n) is 11.4. The van der Waals surface area contributed by atoms with Crippen molar-refractivity contribution in [3.05, 3.63) is 0 Å². The first-order chi connectivity index (χ1) is 26.3. The van der Waals surface area contributed by atoms with Crippen molar-refractivity contribution in [2.24, 2.45) is 29.2 Å². The van der Waals surface area contributed by atoms with Crippen LogP contribution in [0.25, 0.3) is 0 Å². The number of urea groups is 1. The average molecular weight is 778 g/mol. The van der Waals surface area contributed by atoms with Crippen molar-refractivity contribution in [2.75, 3.05) is 46.4 Å². The third kappa shape index (κ3) is 13.9. The number of likely N-dealkylation sites (tertiary alicyclic amines) is 1. The van der Waals surface area contributed by atoms with Gasteiger partial charge in [-0.15, -0.1) is 0 Å². The van der Waals surface area contributed by atoms with Crippen LogP contribution in [-0.4, -0.2) is 128 Å². The lowest BCUT2D eigenvalue weighted by atomic mass is 9.90. The number of carbonyl (C=O) groups is 6. The summed E-state index contributed by atoms with van der Waals surface area (Å²) in [4.78, 5) is 85.9. The molecule has 16 nitrogen and oxygen atoms in total. The van der Waals surface area contributed by atoms with Gasteiger partial charge in [-0.05, 0) is 45.1 Å². The Hall–Kier alpha value is -3.50. The predicted octanol–water partition coefficient (Wildman–Crippen LogP) is 1.11. The lowest BCUT2D eigenvalue weighted by Gasteiger charge is -2.38. The SMILES string of the molecule is CCCCCC[C@H]1OC[C@@H](C)NC(=O)[C@H](CNC(=O)N2CC(CN)C2)NC(=O)[C@H](CN)NC(=O)[C@H](C2CCCCCC2)NC(=O)[C@H](CCC)N(C)C(=O)[C@@H]1C. The molecule has 0 radical (unpaired) electrons. The van der Waals surface area contributed by atoms with E-state index in [9.17, 15) is 28.8 Å². The van der Waals surface area contributed by atoms with Gasteiger partial charge in [0.15, 0.2) is 0 Å². The van der Waals surface area contributed by atoms with E-state index in [1.54, 1.807) is 18.9 Å².